The highest BCUT2D eigenvalue weighted by Crippen LogP contribution is 2.15. The molecule has 1 aromatic heterocycles. The van der Waals surface area contributed by atoms with Crippen molar-refractivity contribution in [2.24, 2.45) is 0 Å². The fourth-order valence-electron chi connectivity index (χ4n) is 1.44. The molecule has 0 spiro atoms. The Kier molecular flexibility index (Phi) is 4.17. The molecule has 2 rings (SSSR count). The van der Waals surface area contributed by atoms with E-state index in [0.29, 0.717) is 0 Å². The van der Waals surface area contributed by atoms with Crippen LogP contribution in [0.2, 0.25) is 5.15 Å². The number of halogens is 1. The lowest BCUT2D eigenvalue weighted by Crippen LogP contribution is -2.14. The quantitative estimate of drug-likeness (QED) is 0.932. The Bertz CT molecular complexity index is 737. The standard InChI is InChI=1S/C12H9ClN4O2S/c13-11-5-6-12(16-15-11)17-20(18,19)10-3-1-9(2-4-10)7-8-14/h1-6H,7H2,(H,16,17). The Balaban J connectivity index is 2.22. The normalized spacial score (nSPS) is 10.8. The third-order valence-corrected chi connectivity index (χ3v) is 3.96. The molecular formula is C12H9ClN4O2S. The number of anilines is 1. The summed E-state index contributed by atoms with van der Waals surface area (Å²) in [5.74, 6) is 0.0792. The van der Waals surface area contributed by atoms with Gasteiger partial charge in [-0.1, -0.05) is 23.7 Å². The lowest BCUT2D eigenvalue weighted by molar-refractivity contribution is 0.601. The van der Waals surface area contributed by atoms with Crippen LogP contribution in [-0.4, -0.2) is 18.6 Å². The summed E-state index contributed by atoms with van der Waals surface area (Å²) in [6.07, 6.45) is 0.233. The second-order valence-corrected chi connectivity index (χ2v) is 5.90. The zero-order valence-corrected chi connectivity index (χ0v) is 11.7. The van der Waals surface area contributed by atoms with E-state index in [-0.39, 0.29) is 22.3 Å². The zero-order valence-electron chi connectivity index (χ0n) is 10.1. The highest BCUT2D eigenvalue weighted by Gasteiger charge is 2.14. The fraction of sp³-hybridized carbons (Fsp3) is 0.0833. The molecule has 0 atom stereocenters. The number of nitrogens with one attached hydrogen (secondary N) is 1. The number of hydrogen-bond donors (Lipinski definition) is 1. The van der Waals surface area contributed by atoms with Crippen molar-refractivity contribution in [3.63, 3.8) is 0 Å². The second-order valence-electron chi connectivity index (χ2n) is 3.83. The first-order valence-corrected chi connectivity index (χ1v) is 7.35. The second kappa shape index (κ2) is 5.86. The van der Waals surface area contributed by atoms with Gasteiger partial charge in [-0.05, 0) is 29.8 Å². The van der Waals surface area contributed by atoms with Gasteiger partial charge >= 0.3 is 0 Å². The topological polar surface area (TPSA) is 95.7 Å². The molecule has 0 unspecified atom stereocenters. The third-order valence-electron chi connectivity index (χ3n) is 2.39. The van der Waals surface area contributed by atoms with Crippen molar-refractivity contribution >= 4 is 27.4 Å². The van der Waals surface area contributed by atoms with E-state index in [1.165, 1.54) is 24.3 Å². The van der Waals surface area contributed by atoms with Gasteiger partial charge in [-0.3, -0.25) is 4.72 Å². The molecule has 1 aromatic carbocycles. The van der Waals surface area contributed by atoms with Gasteiger partial charge in [0, 0.05) is 0 Å². The van der Waals surface area contributed by atoms with E-state index in [1.54, 1.807) is 12.1 Å². The van der Waals surface area contributed by atoms with Crippen LogP contribution < -0.4 is 4.72 Å². The van der Waals surface area contributed by atoms with Crippen molar-refractivity contribution in [1.82, 2.24) is 10.2 Å². The Morgan fingerprint density at radius 3 is 2.40 bits per heavy atom. The molecule has 8 heteroatoms. The molecule has 1 N–H and O–H groups in total. The van der Waals surface area contributed by atoms with Crippen molar-refractivity contribution in [1.29, 1.82) is 5.26 Å². The van der Waals surface area contributed by atoms with Crippen molar-refractivity contribution in [3.8, 4) is 6.07 Å². The summed E-state index contributed by atoms with van der Waals surface area (Å²) in [6, 6.07) is 10.9. The lowest BCUT2D eigenvalue weighted by Gasteiger charge is -2.07. The maximum Gasteiger partial charge on any atom is 0.263 e. The molecule has 102 valence electrons. The molecule has 0 aliphatic heterocycles. The van der Waals surface area contributed by atoms with Gasteiger partial charge in [-0.15, -0.1) is 10.2 Å². The predicted molar refractivity (Wildman–Crippen MR) is 73.6 cm³/mol. The Morgan fingerprint density at radius 2 is 1.85 bits per heavy atom. The molecule has 0 saturated carbocycles. The number of sulfonamides is 1. The van der Waals surface area contributed by atoms with E-state index in [9.17, 15) is 8.42 Å². The van der Waals surface area contributed by atoms with Crippen LogP contribution in [0.15, 0.2) is 41.3 Å². The lowest BCUT2D eigenvalue weighted by atomic mass is 10.2. The van der Waals surface area contributed by atoms with E-state index >= 15 is 0 Å². The summed E-state index contributed by atoms with van der Waals surface area (Å²) >= 11 is 5.57. The van der Waals surface area contributed by atoms with E-state index in [4.69, 9.17) is 16.9 Å². The summed E-state index contributed by atoms with van der Waals surface area (Å²) in [6.45, 7) is 0. The minimum atomic E-state index is -3.74. The van der Waals surface area contributed by atoms with Crippen LogP contribution in [0.25, 0.3) is 0 Å². The summed E-state index contributed by atoms with van der Waals surface area (Å²) < 4.78 is 26.4. The number of benzene rings is 1. The van der Waals surface area contributed by atoms with Gasteiger partial charge in [-0.25, -0.2) is 8.42 Å². The van der Waals surface area contributed by atoms with Crippen molar-refractivity contribution < 1.29 is 8.42 Å². The third kappa shape index (κ3) is 3.44. The molecule has 0 radical (unpaired) electrons. The minimum Gasteiger partial charge on any atom is -0.262 e. The van der Waals surface area contributed by atoms with Gasteiger partial charge in [-0.2, -0.15) is 5.26 Å². The molecule has 2 aromatic rings. The van der Waals surface area contributed by atoms with Gasteiger partial charge in [0.1, 0.15) is 0 Å². The maximum atomic E-state index is 12.1. The SMILES string of the molecule is N#CCc1ccc(S(=O)(=O)Nc2ccc(Cl)nn2)cc1. The van der Waals surface area contributed by atoms with E-state index in [1.807, 2.05) is 6.07 Å². The number of nitriles is 1. The molecule has 0 aliphatic carbocycles. The van der Waals surface area contributed by atoms with Crippen LogP contribution in [0.4, 0.5) is 5.82 Å². The van der Waals surface area contributed by atoms with Crippen molar-refractivity contribution in [2.45, 2.75) is 11.3 Å². The zero-order chi connectivity index (χ0) is 14.6. The molecule has 0 aliphatic rings. The fourth-order valence-corrected chi connectivity index (χ4v) is 2.54. The van der Waals surface area contributed by atoms with Gasteiger partial charge < -0.3 is 0 Å². The Morgan fingerprint density at radius 1 is 1.15 bits per heavy atom. The first kappa shape index (κ1) is 14.2. The first-order valence-electron chi connectivity index (χ1n) is 5.49. The molecule has 6 nitrogen and oxygen atoms in total. The monoisotopic (exact) mass is 308 g/mol. The summed E-state index contributed by atoms with van der Waals surface area (Å²) in [7, 11) is -3.74. The molecular weight excluding hydrogens is 300 g/mol. The molecule has 1 heterocycles. The van der Waals surface area contributed by atoms with Crippen LogP contribution in [-0.2, 0) is 16.4 Å². The summed E-state index contributed by atoms with van der Waals surface area (Å²) in [5, 5.41) is 15.9. The smallest absolute Gasteiger partial charge is 0.262 e. The number of nitrogens with zero attached hydrogens (tertiary/aromatic N) is 3. The summed E-state index contributed by atoms with van der Waals surface area (Å²) in [5.41, 5.74) is 0.748. The maximum absolute atomic E-state index is 12.1. The Labute approximate surface area is 121 Å². The van der Waals surface area contributed by atoms with E-state index in [2.05, 4.69) is 14.9 Å². The number of aromatic nitrogens is 2. The van der Waals surface area contributed by atoms with Crippen LogP contribution in [0.3, 0.4) is 0 Å². The van der Waals surface area contributed by atoms with E-state index < -0.39 is 10.0 Å². The van der Waals surface area contributed by atoms with Gasteiger partial charge in [0.15, 0.2) is 11.0 Å². The molecule has 0 saturated heterocycles. The number of rotatable bonds is 4. The Hall–Kier alpha value is -2.17. The van der Waals surface area contributed by atoms with Crippen LogP contribution in [0.5, 0.6) is 0 Å². The van der Waals surface area contributed by atoms with Gasteiger partial charge in [0.05, 0.1) is 17.4 Å². The van der Waals surface area contributed by atoms with Crippen LogP contribution >= 0.6 is 11.6 Å². The van der Waals surface area contributed by atoms with E-state index in [0.717, 1.165) is 5.56 Å². The van der Waals surface area contributed by atoms with Crippen molar-refractivity contribution in [2.75, 3.05) is 4.72 Å². The summed E-state index contributed by atoms with van der Waals surface area (Å²) in [4.78, 5) is 0.0796. The molecule has 0 bridgehead atoms. The number of hydrogen-bond acceptors (Lipinski definition) is 5. The average Bonchev–Trinajstić information content (AvgIpc) is 2.42. The first-order chi connectivity index (χ1) is 9.51. The van der Waals surface area contributed by atoms with Crippen LogP contribution in [0.1, 0.15) is 5.56 Å². The van der Waals surface area contributed by atoms with Crippen LogP contribution in [0, 0.1) is 11.3 Å². The minimum absolute atomic E-state index is 0.0792. The molecule has 20 heavy (non-hydrogen) atoms. The predicted octanol–water partition coefficient (Wildman–Crippen LogP) is 2.00. The van der Waals surface area contributed by atoms with Crippen molar-refractivity contribution in [3.05, 3.63) is 47.1 Å². The largest absolute Gasteiger partial charge is 0.263 e. The van der Waals surface area contributed by atoms with Gasteiger partial charge in [0.2, 0.25) is 0 Å². The highest BCUT2D eigenvalue weighted by molar-refractivity contribution is 7.92. The van der Waals surface area contributed by atoms with Gasteiger partial charge in [0.25, 0.3) is 10.0 Å². The molecule has 0 amide bonds. The molecule has 0 fully saturated rings. The average molecular weight is 309 g/mol. The highest BCUT2D eigenvalue weighted by atomic mass is 35.5.